The topological polar surface area (TPSA) is 48.2 Å². The molecule has 0 spiro atoms. The van der Waals surface area contributed by atoms with E-state index in [1.807, 2.05) is 47.8 Å². The largest absolute Gasteiger partial charge is 0.352 e. The lowest BCUT2D eigenvalue weighted by Gasteiger charge is -2.05. The van der Waals surface area contributed by atoms with Crippen molar-refractivity contribution in [1.82, 2.24) is 0 Å². The maximum absolute atomic E-state index is 9.82. The number of aryl methyl sites for hydroxylation is 2. The molecule has 0 unspecified atom stereocenters. The van der Waals surface area contributed by atoms with Crippen LogP contribution in [-0.4, -0.2) is 5.71 Å². The number of nitrogens with one attached hydrogen (secondary N) is 1. The predicted octanol–water partition coefficient (Wildman–Crippen LogP) is 5.85. The molecule has 2 aromatic carbocycles. The molecule has 26 heavy (non-hydrogen) atoms. The highest BCUT2D eigenvalue weighted by Gasteiger charge is 2.27. The number of rotatable bonds is 2. The van der Waals surface area contributed by atoms with Crippen molar-refractivity contribution >= 4 is 34.0 Å². The van der Waals surface area contributed by atoms with E-state index in [1.165, 1.54) is 5.56 Å². The van der Waals surface area contributed by atoms with Crippen LogP contribution >= 0.6 is 11.3 Å². The van der Waals surface area contributed by atoms with Crippen LogP contribution in [0.3, 0.4) is 0 Å². The number of hydrogen-bond donors (Lipinski definition) is 1. The van der Waals surface area contributed by atoms with Crippen LogP contribution in [0.1, 0.15) is 21.6 Å². The maximum Gasteiger partial charge on any atom is 0.103 e. The molecular weight excluding hydrogens is 338 g/mol. The van der Waals surface area contributed by atoms with E-state index in [-0.39, 0.29) is 0 Å². The second-order valence-electron chi connectivity index (χ2n) is 6.31. The first-order valence-electron chi connectivity index (χ1n) is 8.38. The molecule has 1 aliphatic rings. The van der Waals surface area contributed by atoms with Gasteiger partial charge in [-0.2, -0.15) is 5.26 Å². The molecule has 0 aliphatic carbocycles. The Morgan fingerprint density at radius 3 is 2.50 bits per heavy atom. The Morgan fingerprint density at radius 2 is 1.81 bits per heavy atom. The second-order valence-corrected chi connectivity index (χ2v) is 7.26. The lowest BCUT2D eigenvalue weighted by atomic mass is 10.0. The van der Waals surface area contributed by atoms with Gasteiger partial charge in [-0.3, -0.25) is 0 Å². The van der Waals surface area contributed by atoms with E-state index in [2.05, 4.69) is 37.4 Å². The minimum Gasteiger partial charge on any atom is -0.352 e. The Morgan fingerprint density at radius 1 is 1.04 bits per heavy atom. The van der Waals surface area contributed by atoms with E-state index >= 15 is 0 Å². The third kappa shape index (κ3) is 2.94. The van der Waals surface area contributed by atoms with Gasteiger partial charge in [0.05, 0.1) is 22.7 Å². The minimum absolute atomic E-state index is 0.625. The van der Waals surface area contributed by atoms with Gasteiger partial charge >= 0.3 is 0 Å². The number of aliphatic imine (C=N–C) groups is 1. The van der Waals surface area contributed by atoms with Crippen molar-refractivity contribution in [1.29, 1.82) is 5.26 Å². The summed E-state index contributed by atoms with van der Waals surface area (Å²) in [5.41, 5.74) is 7.47. The van der Waals surface area contributed by atoms with Crippen LogP contribution in [0.4, 0.5) is 11.4 Å². The van der Waals surface area contributed by atoms with Crippen molar-refractivity contribution in [3.05, 3.63) is 87.2 Å². The molecule has 1 aromatic heterocycles. The summed E-state index contributed by atoms with van der Waals surface area (Å²) in [6.45, 7) is 4.12. The molecule has 0 fully saturated rings. The number of fused-ring (bicyclic) bond motifs is 1. The third-order valence-corrected chi connectivity index (χ3v) is 5.22. The Kier molecular flexibility index (Phi) is 4.16. The summed E-state index contributed by atoms with van der Waals surface area (Å²) in [5.74, 6) is 0. The molecule has 4 rings (SSSR count). The van der Waals surface area contributed by atoms with Crippen LogP contribution in [0.25, 0.3) is 5.57 Å². The zero-order valence-electron chi connectivity index (χ0n) is 14.6. The van der Waals surface area contributed by atoms with E-state index in [9.17, 15) is 5.26 Å². The highest BCUT2D eigenvalue weighted by atomic mass is 32.1. The van der Waals surface area contributed by atoms with Gasteiger partial charge in [-0.25, -0.2) is 4.99 Å². The highest BCUT2D eigenvalue weighted by molar-refractivity contribution is 7.11. The molecule has 3 nitrogen and oxygen atoms in total. The van der Waals surface area contributed by atoms with Gasteiger partial charge in [-0.15, -0.1) is 11.3 Å². The number of nitriles is 1. The lowest BCUT2D eigenvalue weighted by Crippen LogP contribution is -2.05. The van der Waals surface area contributed by atoms with Gasteiger partial charge in [0, 0.05) is 16.1 Å². The highest BCUT2D eigenvalue weighted by Crippen LogP contribution is 2.36. The number of thiophene rings is 1. The molecule has 0 amide bonds. The van der Waals surface area contributed by atoms with Gasteiger partial charge in [-0.1, -0.05) is 35.4 Å². The summed E-state index contributed by atoms with van der Waals surface area (Å²) >= 11 is 1.56. The number of benzene rings is 2. The second kappa shape index (κ2) is 6.62. The molecular formula is C22H17N3S. The number of anilines is 1. The fourth-order valence-corrected chi connectivity index (χ4v) is 3.72. The van der Waals surface area contributed by atoms with Gasteiger partial charge in [0.15, 0.2) is 0 Å². The third-order valence-electron chi connectivity index (χ3n) is 4.33. The van der Waals surface area contributed by atoms with Crippen molar-refractivity contribution in [3.8, 4) is 6.07 Å². The van der Waals surface area contributed by atoms with Crippen molar-refractivity contribution in [3.63, 3.8) is 0 Å². The quantitative estimate of drug-likeness (QED) is 0.587. The molecule has 4 heteroatoms. The van der Waals surface area contributed by atoms with Crippen LogP contribution in [0.5, 0.6) is 0 Å². The van der Waals surface area contributed by atoms with E-state index in [1.54, 1.807) is 11.3 Å². The molecule has 0 saturated carbocycles. The summed E-state index contributed by atoms with van der Waals surface area (Å²) in [6, 6.07) is 20.6. The smallest absolute Gasteiger partial charge is 0.103 e. The predicted molar refractivity (Wildman–Crippen MR) is 109 cm³/mol. The fraction of sp³-hybridized carbons (Fsp3) is 0.0909. The molecule has 126 valence electrons. The average Bonchev–Trinajstić information content (AvgIpc) is 3.27. The molecule has 1 N–H and O–H groups in total. The standard InChI is InChI=1S/C22H17N3S/c1-14-5-8-16(9-6-14)24-21-17-12-15(2)7-10-19(17)25-22(21)18(13-23)20-4-3-11-26-20/h3-12,25H,1-2H3/b22-18+,24-21?. The van der Waals surface area contributed by atoms with Crippen LogP contribution in [0, 0.1) is 25.2 Å². The molecule has 0 bridgehead atoms. The monoisotopic (exact) mass is 355 g/mol. The number of hydrogen-bond acceptors (Lipinski definition) is 4. The average molecular weight is 355 g/mol. The minimum atomic E-state index is 0.625. The fourth-order valence-electron chi connectivity index (χ4n) is 2.99. The van der Waals surface area contributed by atoms with E-state index < -0.39 is 0 Å². The maximum atomic E-state index is 9.82. The normalized spacial score (nSPS) is 16.1. The molecule has 1 aliphatic heterocycles. The summed E-state index contributed by atoms with van der Waals surface area (Å²) < 4.78 is 0. The number of nitrogens with zero attached hydrogens (tertiary/aromatic N) is 2. The van der Waals surface area contributed by atoms with Crippen LogP contribution < -0.4 is 5.32 Å². The summed E-state index contributed by atoms with van der Waals surface area (Å²) in [6.07, 6.45) is 0. The van der Waals surface area contributed by atoms with Gasteiger partial charge in [-0.05, 0) is 49.6 Å². The summed E-state index contributed by atoms with van der Waals surface area (Å²) in [5, 5.41) is 15.2. The van der Waals surface area contributed by atoms with Crippen LogP contribution in [0.2, 0.25) is 0 Å². The molecule has 2 heterocycles. The zero-order valence-corrected chi connectivity index (χ0v) is 15.4. The Labute approximate surface area is 157 Å². The molecule has 0 atom stereocenters. The van der Waals surface area contributed by atoms with Crippen molar-refractivity contribution in [2.75, 3.05) is 5.32 Å². The van der Waals surface area contributed by atoms with Gasteiger partial charge < -0.3 is 5.32 Å². The first-order chi connectivity index (χ1) is 12.7. The van der Waals surface area contributed by atoms with Crippen LogP contribution in [-0.2, 0) is 0 Å². The van der Waals surface area contributed by atoms with Gasteiger partial charge in [0.1, 0.15) is 6.07 Å². The Balaban J connectivity index is 1.94. The van der Waals surface area contributed by atoms with E-state index in [0.717, 1.165) is 38.8 Å². The molecule has 0 radical (unpaired) electrons. The molecule has 0 saturated heterocycles. The Hall–Kier alpha value is -3.16. The van der Waals surface area contributed by atoms with Gasteiger partial charge in [0.2, 0.25) is 0 Å². The summed E-state index contributed by atoms with van der Waals surface area (Å²) in [7, 11) is 0. The van der Waals surface area contributed by atoms with Gasteiger partial charge in [0.25, 0.3) is 0 Å². The first-order valence-corrected chi connectivity index (χ1v) is 9.26. The van der Waals surface area contributed by atoms with Crippen molar-refractivity contribution in [2.24, 2.45) is 4.99 Å². The van der Waals surface area contributed by atoms with Crippen LogP contribution in [0.15, 0.2) is 70.7 Å². The first kappa shape index (κ1) is 16.3. The lowest BCUT2D eigenvalue weighted by molar-refractivity contribution is 1.42. The molecule has 3 aromatic rings. The Bertz CT molecular complexity index is 1070. The van der Waals surface area contributed by atoms with E-state index in [4.69, 9.17) is 4.99 Å². The zero-order chi connectivity index (χ0) is 18.1. The number of allylic oxidation sites excluding steroid dienone is 2. The SMILES string of the molecule is Cc1ccc(N=C2/C(=C(/C#N)c3cccs3)Nc3ccc(C)cc32)cc1. The summed E-state index contributed by atoms with van der Waals surface area (Å²) in [4.78, 5) is 5.83. The van der Waals surface area contributed by atoms with Crippen molar-refractivity contribution < 1.29 is 0 Å². The van der Waals surface area contributed by atoms with Crippen molar-refractivity contribution in [2.45, 2.75) is 13.8 Å². The van der Waals surface area contributed by atoms with E-state index in [0.29, 0.717) is 5.57 Å².